The van der Waals surface area contributed by atoms with E-state index in [2.05, 4.69) is 35.5 Å². The first-order valence-electron chi connectivity index (χ1n) is 6.91. The van der Waals surface area contributed by atoms with Crippen molar-refractivity contribution in [2.45, 2.75) is 18.5 Å². The molecule has 0 amide bonds. The van der Waals surface area contributed by atoms with Crippen LogP contribution in [0.15, 0.2) is 24.3 Å². The van der Waals surface area contributed by atoms with Crippen LogP contribution in [0.25, 0.3) is 10.9 Å². The third-order valence-corrected chi connectivity index (χ3v) is 4.75. The number of aromatic nitrogens is 1. The molecular formula is C15H21N3OS. The highest BCUT2D eigenvalue weighted by atomic mass is 32.2. The summed E-state index contributed by atoms with van der Waals surface area (Å²) in [5.74, 6) is 0.916. The standard InChI is InChI=1S/C15H21N3OS/c1-19-18-8-7-11-10-5-3-4-6-13(10)17-14(11)15(18)12(16)9-20-2/h3-6,12,15,17H,7-9,16H2,1-2H3/t12-,15-/m0/s1. The number of rotatable bonds is 4. The number of hydrogen-bond acceptors (Lipinski definition) is 4. The Bertz CT molecular complexity index is 598. The van der Waals surface area contributed by atoms with Crippen molar-refractivity contribution in [2.75, 3.05) is 25.7 Å². The van der Waals surface area contributed by atoms with Gasteiger partial charge in [0.05, 0.1) is 13.2 Å². The van der Waals surface area contributed by atoms with E-state index >= 15 is 0 Å². The van der Waals surface area contributed by atoms with Gasteiger partial charge in [-0.15, -0.1) is 0 Å². The van der Waals surface area contributed by atoms with Gasteiger partial charge < -0.3 is 15.6 Å². The summed E-state index contributed by atoms with van der Waals surface area (Å²) >= 11 is 1.78. The van der Waals surface area contributed by atoms with Crippen LogP contribution in [0.2, 0.25) is 0 Å². The first-order valence-corrected chi connectivity index (χ1v) is 8.30. The second kappa shape index (κ2) is 5.77. The molecule has 1 aromatic carbocycles. The lowest BCUT2D eigenvalue weighted by Gasteiger charge is -2.36. The van der Waals surface area contributed by atoms with Crippen LogP contribution in [0.4, 0.5) is 0 Å². The molecule has 3 N–H and O–H groups in total. The Labute approximate surface area is 123 Å². The molecule has 3 rings (SSSR count). The number of hydrogen-bond donors (Lipinski definition) is 2. The van der Waals surface area contributed by atoms with E-state index in [4.69, 9.17) is 10.6 Å². The third-order valence-electron chi connectivity index (χ3n) is 4.03. The molecule has 1 aliphatic heterocycles. The normalized spacial score (nSPS) is 21.1. The van der Waals surface area contributed by atoms with Crippen LogP contribution in [0.1, 0.15) is 17.3 Å². The average molecular weight is 291 g/mol. The number of nitrogens with one attached hydrogen (secondary N) is 1. The Balaban J connectivity index is 2.08. The topological polar surface area (TPSA) is 54.3 Å². The fraction of sp³-hybridized carbons (Fsp3) is 0.467. The first-order chi connectivity index (χ1) is 9.76. The summed E-state index contributed by atoms with van der Waals surface area (Å²) in [6.07, 6.45) is 3.08. The van der Waals surface area contributed by atoms with Gasteiger partial charge in [0.25, 0.3) is 0 Å². The van der Waals surface area contributed by atoms with Crippen molar-refractivity contribution >= 4 is 22.7 Å². The minimum absolute atomic E-state index is 0.0528. The van der Waals surface area contributed by atoms with Crippen LogP contribution >= 0.6 is 11.8 Å². The Kier molecular flexibility index (Phi) is 4.03. The molecule has 1 aliphatic rings. The van der Waals surface area contributed by atoms with Gasteiger partial charge in [-0.3, -0.25) is 0 Å². The number of nitrogens with zero attached hydrogens (tertiary/aromatic N) is 1. The van der Waals surface area contributed by atoms with Crippen LogP contribution in [0, 0.1) is 0 Å². The van der Waals surface area contributed by atoms with E-state index in [9.17, 15) is 0 Å². The van der Waals surface area contributed by atoms with Gasteiger partial charge in [-0.2, -0.15) is 16.8 Å². The lowest BCUT2D eigenvalue weighted by atomic mass is 9.95. The summed E-state index contributed by atoms with van der Waals surface area (Å²) in [5, 5.41) is 3.33. The molecular weight excluding hydrogens is 270 g/mol. The quantitative estimate of drug-likeness (QED) is 0.908. The zero-order chi connectivity index (χ0) is 14.1. The molecule has 0 spiro atoms. The maximum absolute atomic E-state index is 6.40. The first kappa shape index (κ1) is 13.9. The number of para-hydroxylation sites is 1. The zero-order valence-corrected chi connectivity index (χ0v) is 12.7. The smallest absolute Gasteiger partial charge is 0.0913 e. The number of thioether (sulfide) groups is 1. The van der Waals surface area contributed by atoms with Crippen molar-refractivity contribution in [1.29, 1.82) is 0 Å². The third kappa shape index (κ3) is 2.24. The predicted molar refractivity (Wildman–Crippen MR) is 84.8 cm³/mol. The number of H-pyrrole nitrogens is 1. The van der Waals surface area contributed by atoms with Gasteiger partial charge >= 0.3 is 0 Å². The molecule has 0 saturated carbocycles. The van der Waals surface area contributed by atoms with Gasteiger partial charge in [-0.05, 0) is 24.3 Å². The summed E-state index contributed by atoms with van der Waals surface area (Å²) < 4.78 is 0. The van der Waals surface area contributed by atoms with E-state index in [-0.39, 0.29) is 12.1 Å². The summed E-state index contributed by atoms with van der Waals surface area (Å²) in [6.45, 7) is 0.887. The number of aromatic amines is 1. The molecule has 20 heavy (non-hydrogen) atoms. The van der Waals surface area contributed by atoms with Crippen molar-refractivity contribution in [3.8, 4) is 0 Å². The van der Waals surface area contributed by atoms with Crippen LogP contribution in [0.5, 0.6) is 0 Å². The number of nitrogens with two attached hydrogens (primary N) is 1. The molecule has 4 nitrogen and oxygen atoms in total. The van der Waals surface area contributed by atoms with Crippen molar-refractivity contribution in [2.24, 2.45) is 5.73 Å². The molecule has 0 radical (unpaired) electrons. The molecule has 2 heterocycles. The monoisotopic (exact) mass is 291 g/mol. The van der Waals surface area contributed by atoms with E-state index in [1.807, 2.05) is 5.06 Å². The van der Waals surface area contributed by atoms with Crippen LogP contribution in [-0.2, 0) is 11.3 Å². The summed E-state index contributed by atoms with van der Waals surface area (Å²) in [4.78, 5) is 9.11. The highest BCUT2D eigenvalue weighted by Crippen LogP contribution is 2.36. The Morgan fingerprint density at radius 2 is 2.30 bits per heavy atom. The molecule has 5 heteroatoms. The highest BCUT2D eigenvalue weighted by Gasteiger charge is 2.34. The average Bonchev–Trinajstić information content (AvgIpc) is 2.84. The van der Waals surface area contributed by atoms with E-state index < -0.39 is 0 Å². The second-order valence-corrected chi connectivity index (χ2v) is 6.11. The molecule has 2 atom stereocenters. The maximum atomic E-state index is 6.40. The van der Waals surface area contributed by atoms with Gasteiger partial charge in [0.1, 0.15) is 0 Å². The second-order valence-electron chi connectivity index (χ2n) is 5.20. The minimum Gasteiger partial charge on any atom is -0.357 e. The number of benzene rings is 1. The molecule has 0 fully saturated rings. The predicted octanol–water partition coefficient (Wildman–Crippen LogP) is 2.32. The number of fused-ring (bicyclic) bond motifs is 3. The zero-order valence-electron chi connectivity index (χ0n) is 11.9. The van der Waals surface area contributed by atoms with Gasteiger partial charge in [0, 0.05) is 34.9 Å². The molecule has 1 aromatic heterocycles. The lowest BCUT2D eigenvalue weighted by molar-refractivity contribution is -0.172. The van der Waals surface area contributed by atoms with Gasteiger partial charge in [-0.1, -0.05) is 18.2 Å². The van der Waals surface area contributed by atoms with Crippen LogP contribution in [-0.4, -0.2) is 41.8 Å². The van der Waals surface area contributed by atoms with Gasteiger partial charge in [0.15, 0.2) is 0 Å². The summed E-state index contributed by atoms with van der Waals surface area (Å²) in [6, 6.07) is 8.62. The van der Waals surface area contributed by atoms with Crippen LogP contribution in [0.3, 0.4) is 0 Å². The Morgan fingerprint density at radius 3 is 3.05 bits per heavy atom. The van der Waals surface area contributed by atoms with E-state index in [0.717, 1.165) is 18.7 Å². The highest BCUT2D eigenvalue weighted by molar-refractivity contribution is 7.98. The Hall–Kier alpha value is -1.01. The van der Waals surface area contributed by atoms with Crippen molar-refractivity contribution in [3.63, 3.8) is 0 Å². The molecule has 0 saturated heterocycles. The van der Waals surface area contributed by atoms with Crippen molar-refractivity contribution in [3.05, 3.63) is 35.5 Å². The van der Waals surface area contributed by atoms with Crippen molar-refractivity contribution in [1.82, 2.24) is 10.0 Å². The molecule has 2 aromatic rings. The molecule has 0 aliphatic carbocycles. The van der Waals surface area contributed by atoms with Crippen molar-refractivity contribution < 1.29 is 4.84 Å². The van der Waals surface area contributed by atoms with E-state index in [1.165, 1.54) is 22.2 Å². The Morgan fingerprint density at radius 1 is 1.50 bits per heavy atom. The summed E-state index contributed by atoms with van der Waals surface area (Å²) in [7, 11) is 1.73. The van der Waals surface area contributed by atoms with Gasteiger partial charge in [-0.25, -0.2) is 0 Å². The molecule has 0 unspecified atom stereocenters. The SMILES string of the molecule is CON1CCc2c([nH]c3ccccc23)[C@@H]1[C@@H](N)CSC. The number of hydroxylamine groups is 2. The molecule has 0 bridgehead atoms. The van der Waals surface area contributed by atoms with E-state index in [1.54, 1.807) is 18.9 Å². The maximum Gasteiger partial charge on any atom is 0.0913 e. The van der Waals surface area contributed by atoms with E-state index in [0.29, 0.717) is 0 Å². The lowest BCUT2D eigenvalue weighted by Crippen LogP contribution is -2.45. The largest absolute Gasteiger partial charge is 0.357 e. The molecule has 108 valence electrons. The van der Waals surface area contributed by atoms with Crippen LogP contribution < -0.4 is 5.73 Å². The fourth-order valence-corrected chi connectivity index (χ4v) is 3.73. The minimum atomic E-state index is 0.0528. The fourth-order valence-electron chi connectivity index (χ4n) is 3.16. The summed E-state index contributed by atoms with van der Waals surface area (Å²) in [5.41, 5.74) is 10.2. The van der Waals surface area contributed by atoms with Gasteiger partial charge in [0.2, 0.25) is 0 Å².